The van der Waals surface area contributed by atoms with E-state index in [0.29, 0.717) is 0 Å². The number of carboxylic acids is 1. The lowest BCUT2D eigenvalue weighted by atomic mass is 9.77. The lowest BCUT2D eigenvalue weighted by molar-refractivity contribution is -0.145. The molecule has 23 heavy (non-hydrogen) atoms. The van der Waals surface area contributed by atoms with Crippen LogP contribution in [0.3, 0.4) is 0 Å². The Hall–Kier alpha value is -2.18. The number of carboxylic acid groups (broad SMARTS) is 1. The quantitative estimate of drug-likeness (QED) is 0.840. The third-order valence-corrected chi connectivity index (χ3v) is 3.17. The fourth-order valence-corrected chi connectivity index (χ4v) is 2.14. The van der Waals surface area contributed by atoms with E-state index in [2.05, 4.69) is 5.32 Å². The van der Waals surface area contributed by atoms with Gasteiger partial charge in [-0.15, -0.1) is 0 Å². The van der Waals surface area contributed by atoms with Crippen LogP contribution in [0.15, 0.2) is 30.3 Å². The summed E-state index contributed by atoms with van der Waals surface area (Å²) in [5.74, 6) is -1.43. The van der Waals surface area contributed by atoms with Crippen LogP contribution in [0, 0.1) is 0 Å². The summed E-state index contributed by atoms with van der Waals surface area (Å²) in [6.07, 6.45) is -4.61. The Labute approximate surface area is 133 Å². The van der Waals surface area contributed by atoms with Gasteiger partial charge in [0.25, 0.3) is 0 Å². The van der Waals surface area contributed by atoms with Crippen molar-refractivity contribution >= 4 is 12.1 Å². The van der Waals surface area contributed by atoms with Crippen LogP contribution >= 0.6 is 0 Å². The van der Waals surface area contributed by atoms with Gasteiger partial charge in [0.1, 0.15) is 11.0 Å². The maximum Gasteiger partial charge on any atom is 0.407 e. The molecule has 0 aliphatic heterocycles. The zero-order valence-electron chi connectivity index (χ0n) is 13.3. The summed E-state index contributed by atoms with van der Waals surface area (Å²) in [5.41, 5.74) is -2.50. The van der Waals surface area contributed by atoms with E-state index in [4.69, 9.17) is 4.74 Å². The largest absolute Gasteiger partial charge is 0.481 e. The van der Waals surface area contributed by atoms with Gasteiger partial charge in [-0.3, -0.25) is 4.79 Å². The van der Waals surface area contributed by atoms with Crippen LogP contribution in [0.2, 0.25) is 0 Å². The molecule has 1 aromatic carbocycles. The number of ether oxygens (including phenoxy) is 1. The highest BCUT2D eigenvalue weighted by Crippen LogP contribution is 2.31. The minimum atomic E-state index is -2.84. The van der Waals surface area contributed by atoms with Gasteiger partial charge < -0.3 is 15.2 Å². The number of carbonyl (C=O) groups is 2. The fraction of sp³-hybridized carbons (Fsp3) is 0.500. The average Bonchev–Trinajstić information content (AvgIpc) is 2.42. The summed E-state index contributed by atoms with van der Waals surface area (Å²) in [4.78, 5) is 23.5. The number of amides is 1. The third-order valence-electron chi connectivity index (χ3n) is 3.17. The molecule has 0 aliphatic carbocycles. The Morgan fingerprint density at radius 1 is 1.22 bits per heavy atom. The highest BCUT2D eigenvalue weighted by molar-refractivity contribution is 5.82. The second-order valence-corrected chi connectivity index (χ2v) is 6.20. The van der Waals surface area contributed by atoms with Gasteiger partial charge in [-0.1, -0.05) is 30.3 Å². The normalized spacial score (nSPS) is 14.2. The molecule has 2 N–H and O–H groups in total. The third kappa shape index (κ3) is 5.50. The van der Waals surface area contributed by atoms with E-state index in [-0.39, 0.29) is 5.56 Å². The molecule has 1 amide bonds. The van der Waals surface area contributed by atoms with Crippen LogP contribution in [0.1, 0.15) is 32.8 Å². The van der Waals surface area contributed by atoms with Crippen LogP contribution < -0.4 is 5.32 Å². The number of alkyl carbamates (subject to hydrolysis) is 1. The van der Waals surface area contributed by atoms with E-state index >= 15 is 0 Å². The summed E-state index contributed by atoms with van der Waals surface area (Å²) in [5, 5.41) is 11.8. The SMILES string of the molecule is CC(C)(C)OC(=O)NCC(CC(F)F)(C(=O)O)c1ccccc1. The number of rotatable bonds is 6. The molecule has 0 aromatic heterocycles. The molecule has 1 rings (SSSR count). The summed E-state index contributed by atoms with van der Waals surface area (Å²) < 4.78 is 31.0. The Kier molecular flexibility index (Phi) is 6.06. The molecule has 0 fully saturated rings. The number of hydrogen-bond donors (Lipinski definition) is 2. The van der Waals surface area contributed by atoms with Gasteiger partial charge in [-0.05, 0) is 26.3 Å². The van der Waals surface area contributed by atoms with Crippen molar-refractivity contribution in [3.63, 3.8) is 0 Å². The number of benzene rings is 1. The van der Waals surface area contributed by atoms with Gasteiger partial charge in [0, 0.05) is 13.0 Å². The smallest absolute Gasteiger partial charge is 0.407 e. The van der Waals surface area contributed by atoms with Gasteiger partial charge >= 0.3 is 12.1 Å². The van der Waals surface area contributed by atoms with Crippen LogP contribution in [0.25, 0.3) is 0 Å². The fourth-order valence-electron chi connectivity index (χ4n) is 2.14. The topological polar surface area (TPSA) is 75.6 Å². The molecule has 1 unspecified atom stereocenters. The number of hydrogen-bond acceptors (Lipinski definition) is 3. The van der Waals surface area contributed by atoms with Crippen molar-refractivity contribution in [3.05, 3.63) is 35.9 Å². The lowest BCUT2D eigenvalue weighted by Crippen LogP contribution is -2.48. The number of alkyl halides is 2. The summed E-state index contributed by atoms with van der Waals surface area (Å²) in [6.45, 7) is 4.44. The van der Waals surface area contributed by atoms with E-state index in [1.165, 1.54) is 12.1 Å². The van der Waals surface area contributed by atoms with E-state index in [1.54, 1.807) is 39.0 Å². The van der Waals surface area contributed by atoms with Crippen molar-refractivity contribution < 1.29 is 28.2 Å². The lowest BCUT2D eigenvalue weighted by Gasteiger charge is -2.30. The van der Waals surface area contributed by atoms with Gasteiger partial charge in [-0.25, -0.2) is 13.6 Å². The van der Waals surface area contributed by atoms with E-state index in [0.717, 1.165) is 0 Å². The summed E-state index contributed by atoms with van der Waals surface area (Å²) in [7, 11) is 0. The molecule has 1 atom stereocenters. The molecule has 0 spiro atoms. The van der Waals surface area contributed by atoms with Crippen molar-refractivity contribution in [2.45, 2.75) is 44.6 Å². The monoisotopic (exact) mass is 329 g/mol. The number of aliphatic carboxylic acids is 1. The van der Waals surface area contributed by atoms with Crippen molar-refractivity contribution in [2.75, 3.05) is 6.54 Å². The molecule has 0 aliphatic rings. The second-order valence-electron chi connectivity index (χ2n) is 6.20. The van der Waals surface area contributed by atoms with Crippen molar-refractivity contribution in [1.82, 2.24) is 5.32 Å². The molecule has 0 radical (unpaired) electrons. The van der Waals surface area contributed by atoms with Crippen molar-refractivity contribution in [2.24, 2.45) is 0 Å². The van der Waals surface area contributed by atoms with Gasteiger partial charge in [0.15, 0.2) is 0 Å². The first-order valence-corrected chi connectivity index (χ1v) is 7.11. The maximum absolute atomic E-state index is 13.0. The standard InChI is InChI=1S/C16H21F2NO4/c1-15(2,3)23-14(22)19-10-16(13(20)21,9-12(17)18)11-7-5-4-6-8-11/h4-8,12H,9-10H2,1-3H3,(H,19,22)(H,20,21). The number of halogens is 2. The summed E-state index contributed by atoms with van der Waals surface area (Å²) >= 11 is 0. The molecule has 5 nitrogen and oxygen atoms in total. The van der Waals surface area contributed by atoms with Crippen LogP contribution in [0.5, 0.6) is 0 Å². The first kappa shape index (κ1) is 18.9. The van der Waals surface area contributed by atoms with Crippen LogP contribution in [-0.2, 0) is 14.9 Å². The number of nitrogens with one attached hydrogen (secondary N) is 1. The molecular formula is C16H21F2NO4. The van der Waals surface area contributed by atoms with Crippen molar-refractivity contribution in [3.8, 4) is 0 Å². The molecule has 7 heteroatoms. The van der Waals surface area contributed by atoms with E-state index < -0.39 is 42.5 Å². The average molecular weight is 329 g/mol. The van der Waals surface area contributed by atoms with Crippen LogP contribution in [-0.4, -0.2) is 35.7 Å². The van der Waals surface area contributed by atoms with Gasteiger partial charge in [-0.2, -0.15) is 0 Å². The van der Waals surface area contributed by atoms with Crippen LogP contribution in [0.4, 0.5) is 13.6 Å². The van der Waals surface area contributed by atoms with Gasteiger partial charge in [0.2, 0.25) is 6.43 Å². The van der Waals surface area contributed by atoms with E-state index in [1.807, 2.05) is 0 Å². The predicted octanol–water partition coefficient (Wildman–Crippen LogP) is 3.19. The highest BCUT2D eigenvalue weighted by atomic mass is 19.3. The minimum Gasteiger partial charge on any atom is -0.481 e. The first-order chi connectivity index (χ1) is 10.6. The molecule has 0 heterocycles. The predicted molar refractivity (Wildman–Crippen MR) is 80.6 cm³/mol. The molecule has 1 aromatic rings. The first-order valence-electron chi connectivity index (χ1n) is 7.11. The van der Waals surface area contributed by atoms with E-state index in [9.17, 15) is 23.5 Å². The molecule has 0 bridgehead atoms. The molecule has 0 saturated carbocycles. The Balaban J connectivity index is 3.05. The Morgan fingerprint density at radius 3 is 2.22 bits per heavy atom. The minimum absolute atomic E-state index is 0.198. The maximum atomic E-state index is 13.0. The number of carbonyl (C=O) groups excluding carboxylic acids is 1. The molecule has 0 saturated heterocycles. The summed E-state index contributed by atoms with van der Waals surface area (Å²) in [6, 6.07) is 7.68. The Bertz CT molecular complexity index is 543. The van der Waals surface area contributed by atoms with Gasteiger partial charge in [0.05, 0.1) is 0 Å². The zero-order chi connectivity index (χ0) is 17.7. The van der Waals surface area contributed by atoms with Crippen molar-refractivity contribution in [1.29, 1.82) is 0 Å². The molecular weight excluding hydrogens is 308 g/mol. The second kappa shape index (κ2) is 7.39. The zero-order valence-corrected chi connectivity index (χ0v) is 13.3. The highest BCUT2D eigenvalue weighted by Gasteiger charge is 2.43. The Morgan fingerprint density at radius 2 is 1.78 bits per heavy atom. The molecule has 128 valence electrons.